The number of rotatable bonds is 3. The lowest BCUT2D eigenvalue weighted by Crippen LogP contribution is -2.49. The number of carbonyl (C=O) groups excluding carboxylic acids is 2. The molecule has 0 unspecified atom stereocenters. The lowest BCUT2D eigenvalue weighted by atomic mass is 10.0. The minimum absolute atomic E-state index is 0.0186. The molecule has 6 nitrogen and oxygen atoms in total. The van der Waals surface area contributed by atoms with Gasteiger partial charge in [-0.15, -0.1) is 0 Å². The van der Waals surface area contributed by atoms with Crippen LogP contribution in [-0.2, 0) is 9.59 Å². The average molecular weight is 309 g/mol. The Morgan fingerprint density at radius 3 is 2.55 bits per heavy atom. The van der Waals surface area contributed by atoms with Crippen LogP contribution in [-0.4, -0.2) is 82.5 Å². The number of aliphatic hydroxyl groups is 1. The van der Waals surface area contributed by atoms with Gasteiger partial charge in [0.1, 0.15) is 6.04 Å². The molecule has 3 aliphatic heterocycles. The van der Waals surface area contributed by atoms with Gasteiger partial charge in [0, 0.05) is 26.6 Å². The van der Waals surface area contributed by atoms with Gasteiger partial charge in [-0.05, 0) is 45.2 Å². The van der Waals surface area contributed by atoms with Crippen molar-refractivity contribution in [2.75, 3.05) is 39.3 Å². The van der Waals surface area contributed by atoms with E-state index < -0.39 is 5.60 Å². The van der Waals surface area contributed by atoms with E-state index in [1.165, 1.54) is 19.8 Å². The van der Waals surface area contributed by atoms with E-state index in [-0.39, 0.29) is 17.9 Å². The molecule has 6 heteroatoms. The van der Waals surface area contributed by atoms with E-state index in [0.717, 1.165) is 25.9 Å². The predicted octanol–water partition coefficient (Wildman–Crippen LogP) is 0.0565. The molecule has 3 rings (SSSR count). The molecular formula is C16H27N3O3. The van der Waals surface area contributed by atoms with Crippen LogP contribution >= 0.6 is 0 Å². The maximum atomic E-state index is 12.7. The summed E-state index contributed by atoms with van der Waals surface area (Å²) in [6.07, 6.45) is 4.69. The summed E-state index contributed by atoms with van der Waals surface area (Å²) >= 11 is 0. The van der Waals surface area contributed by atoms with Crippen LogP contribution in [0.4, 0.5) is 0 Å². The van der Waals surface area contributed by atoms with Crippen molar-refractivity contribution in [2.45, 2.75) is 50.7 Å². The third-order valence-electron chi connectivity index (χ3n) is 5.30. The van der Waals surface area contributed by atoms with Gasteiger partial charge >= 0.3 is 0 Å². The second kappa shape index (κ2) is 6.16. The molecule has 3 aliphatic rings. The molecule has 0 aromatic heterocycles. The maximum absolute atomic E-state index is 12.7. The summed E-state index contributed by atoms with van der Waals surface area (Å²) in [5.41, 5.74) is -0.778. The molecule has 0 radical (unpaired) electrons. The monoisotopic (exact) mass is 309 g/mol. The van der Waals surface area contributed by atoms with Crippen molar-refractivity contribution in [1.29, 1.82) is 0 Å². The van der Waals surface area contributed by atoms with E-state index in [9.17, 15) is 14.7 Å². The lowest BCUT2D eigenvalue weighted by molar-refractivity contribution is -0.142. The van der Waals surface area contributed by atoms with Crippen LogP contribution < -0.4 is 0 Å². The molecule has 0 aromatic rings. The highest BCUT2D eigenvalue weighted by molar-refractivity contribution is 5.87. The van der Waals surface area contributed by atoms with Crippen molar-refractivity contribution >= 4 is 11.8 Å². The first kappa shape index (κ1) is 15.7. The molecule has 0 spiro atoms. The molecule has 2 atom stereocenters. The second-order valence-corrected chi connectivity index (χ2v) is 7.09. The van der Waals surface area contributed by atoms with Gasteiger partial charge in [-0.25, -0.2) is 0 Å². The minimum Gasteiger partial charge on any atom is -0.387 e. The molecule has 2 amide bonds. The smallest absolute Gasteiger partial charge is 0.245 e. The Bertz CT molecular complexity index is 450. The minimum atomic E-state index is -0.778. The number of β-amino-alcohol motifs (C(OH)–C–C–N with tert-alkyl or cyclic N) is 1. The molecule has 1 N–H and O–H groups in total. The molecule has 0 saturated carbocycles. The Morgan fingerprint density at radius 2 is 1.86 bits per heavy atom. The van der Waals surface area contributed by atoms with Crippen molar-refractivity contribution in [3.05, 3.63) is 0 Å². The highest BCUT2D eigenvalue weighted by Gasteiger charge is 2.43. The average Bonchev–Trinajstić information content (AvgIpc) is 3.18. The first-order valence-corrected chi connectivity index (χ1v) is 8.49. The number of likely N-dealkylation sites (tertiary alicyclic amines) is 3. The number of hydrogen-bond donors (Lipinski definition) is 1. The highest BCUT2D eigenvalue weighted by atomic mass is 16.3. The molecular weight excluding hydrogens is 282 g/mol. The Balaban J connectivity index is 1.59. The zero-order chi connectivity index (χ0) is 15.7. The van der Waals surface area contributed by atoms with Crippen LogP contribution in [0.5, 0.6) is 0 Å². The van der Waals surface area contributed by atoms with Crippen molar-refractivity contribution in [2.24, 2.45) is 0 Å². The lowest BCUT2D eigenvalue weighted by Gasteiger charge is -2.30. The Morgan fingerprint density at radius 1 is 1.14 bits per heavy atom. The largest absolute Gasteiger partial charge is 0.387 e. The summed E-state index contributed by atoms with van der Waals surface area (Å²) in [6, 6.07) is -0.313. The van der Waals surface area contributed by atoms with Gasteiger partial charge in [0.05, 0.1) is 12.1 Å². The molecule has 0 aromatic carbocycles. The van der Waals surface area contributed by atoms with Crippen molar-refractivity contribution in [1.82, 2.24) is 14.7 Å². The fraction of sp³-hybridized carbons (Fsp3) is 0.875. The van der Waals surface area contributed by atoms with Gasteiger partial charge in [-0.3, -0.25) is 9.59 Å². The second-order valence-electron chi connectivity index (χ2n) is 7.09. The van der Waals surface area contributed by atoms with Crippen LogP contribution in [0.3, 0.4) is 0 Å². The van der Waals surface area contributed by atoms with E-state index in [0.29, 0.717) is 32.6 Å². The summed E-state index contributed by atoms with van der Waals surface area (Å²) < 4.78 is 0. The number of nitrogens with zero attached hydrogens (tertiary/aromatic N) is 3. The van der Waals surface area contributed by atoms with E-state index in [1.807, 2.05) is 0 Å². The normalized spacial score (nSPS) is 32.9. The van der Waals surface area contributed by atoms with Crippen molar-refractivity contribution < 1.29 is 14.7 Å². The van der Waals surface area contributed by atoms with Gasteiger partial charge in [0.2, 0.25) is 11.8 Å². The molecule has 3 fully saturated rings. The van der Waals surface area contributed by atoms with Crippen LogP contribution in [0.1, 0.15) is 39.0 Å². The predicted molar refractivity (Wildman–Crippen MR) is 82.2 cm³/mol. The molecule has 0 bridgehead atoms. The zero-order valence-electron chi connectivity index (χ0n) is 13.5. The van der Waals surface area contributed by atoms with Gasteiger partial charge in [-0.2, -0.15) is 0 Å². The highest BCUT2D eigenvalue weighted by Crippen LogP contribution is 2.27. The Hall–Kier alpha value is -1.14. The van der Waals surface area contributed by atoms with Crippen LogP contribution in [0.15, 0.2) is 0 Å². The number of hydrogen-bond acceptors (Lipinski definition) is 4. The van der Waals surface area contributed by atoms with Crippen LogP contribution in [0.2, 0.25) is 0 Å². The fourth-order valence-electron chi connectivity index (χ4n) is 4.14. The summed E-state index contributed by atoms with van der Waals surface area (Å²) in [7, 11) is 0. The quantitative estimate of drug-likeness (QED) is 0.800. The zero-order valence-corrected chi connectivity index (χ0v) is 13.5. The third kappa shape index (κ3) is 3.13. The molecule has 124 valence electrons. The third-order valence-corrected chi connectivity index (χ3v) is 5.30. The van der Waals surface area contributed by atoms with Gasteiger partial charge in [-0.1, -0.05) is 0 Å². The first-order valence-electron chi connectivity index (χ1n) is 8.49. The van der Waals surface area contributed by atoms with Crippen molar-refractivity contribution in [3.63, 3.8) is 0 Å². The first-order chi connectivity index (χ1) is 10.5. The molecule has 0 aliphatic carbocycles. The number of amides is 2. The van der Waals surface area contributed by atoms with Crippen LogP contribution in [0, 0.1) is 0 Å². The van der Waals surface area contributed by atoms with Gasteiger partial charge in [0.25, 0.3) is 0 Å². The van der Waals surface area contributed by atoms with Crippen molar-refractivity contribution in [3.8, 4) is 0 Å². The Labute approximate surface area is 132 Å². The van der Waals surface area contributed by atoms with Crippen LogP contribution in [0.25, 0.3) is 0 Å². The van der Waals surface area contributed by atoms with E-state index >= 15 is 0 Å². The van der Waals surface area contributed by atoms with E-state index in [1.54, 1.807) is 9.80 Å². The fourth-order valence-corrected chi connectivity index (χ4v) is 4.14. The topological polar surface area (TPSA) is 64.1 Å². The number of carbonyl (C=O) groups is 2. The Kier molecular flexibility index (Phi) is 4.41. The van der Waals surface area contributed by atoms with E-state index in [2.05, 4.69) is 4.90 Å². The standard InChI is InChI=1S/C16H27N3O3/c1-13(20)19-9-4-5-14(19)15(21)18-10-6-16(22,12-18)11-17-7-2-3-8-17/h14,22H,2-12H2,1H3/t14-,16+/m1/s1. The maximum Gasteiger partial charge on any atom is 0.245 e. The summed E-state index contributed by atoms with van der Waals surface area (Å²) in [5.74, 6) is -0.00702. The van der Waals surface area contributed by atoms with Gasteiger partial charge in [0.15, 0.2) is 0 Å². The molecule has 22 heavy (non-hydrogen) atoms. The summed E-state index contributed by atoms with van der Waals surface area (Å²) in [6.45, 7) is 5.98. The molecule has 3 heterocycles. The SMILES string of the molecule is CC(=O)N1CCC[C@@H]1C(=O)N1CC[C@](O)(CN2CCCC2)C1. The molecule has 3 saturated heterocycles. The van der Waals surface area contributed by atoms with E-state index in [4.69, 9.17) is 0 Å². The summed E-state index contributed by atoms with van der Waals surface area (Å²) in [5, 5.41) is 10.8. The summed E-state index contributed by atoms with van der Waals surface area (Å²) in [4.78, 5) is 30.1. The van der Waals surface area contributed by atoms with Gasteiger partial charge < -0.3 is 19.8 Å².